The van der Waals surface area contributed by atoms with Crippen molar-refractivity contribution in [1.82, 2.24) is 14.8 Å². The largest absolute Gasteiger partial charge is 0.472 e. The lowest BCUT2D eigenvalue weighted by Crippen LogP contribution is -2.59. The van der Waals surface area contributed by atoms with Gasteiger partial charge in [0, 0.05) is 37.0 Å². The molecule has 2 fully saturated rings. The van der Waals surface area contributed by atoms with Gasteiger partial charge in [-0.1, -0.05) is 0 Å². The van der Waals surface area contributed by atoms with E-state index in [0.29, 0.717) is 30.9 Å². The van der Waals surface area contributed by atoms with Crippen molar-refractivity contribution in [3.8, 4) is 0 Å². The van der Waals surface area contributed by atoms with E-state index in [9.17, 15) is 9.59 Å². The molecular formula is C15H15N3O3S. The van der Waals surface area contributed by atoms with Crippen LogP contribution in [0.15, 0.2) is 33.9 Å². The Morgan fingerprint density at radius 3 is 2.73 bits per heavy atom. The molecule has 2 aliphatic rings. The standard InChI is InChI=1S/C15H15N3O3S/c19-13(11-1-4-21-5-11)18-8-15(9-18)2-3-17(7-15)14(20)12-6-22-10-16-12/h1,4-6,10H,2-3,7-9H2. The van der Waals surface area contributed by atoms with E-state index in [1.165, 1.54) is 23.9 Å². The highest BCUT2D eigenvalue weighted by molar-refractivity contribution is 7.07. The van der Waals surface area contributed by atoms with Crippen LogP contribution in [0.25, 0.3) is 0 Å². The molecular weight excluding hydrogens is 302 g/mol. The van der Waals surface area contributed by atoms with Crippen LogP contribution in [0, 0.1) is 5.41 Å². The summed E-state index contributed by atoms with van der Waals surface area (Å²) in [5, 5.41) is 1.78. The topological polar surface area (TPSA) is 66.7 Å². The minimum Gasteiger partial charge on any atom is -0.472 e. The van der Waals surface area contributed by atoms with E-state index in [1.807, 2.05) is 9.80 Å². The zero-order chi connectivity index (χ0) is 15.2. The maximum absolute atomic E-state index is 12.3. The summed E-state index contributed by atoms with van der Waals surface area (Å²) in [5.74, 6) is 0.00129. The van der Waals surface area contributed by atoms with Crippen molar-refractivity contribution in [3.05, 3.63) is 40.7 Å². The number of carbonyl (C=O) groups is 2. The molecule has 7 heteroatoms. The first-order chi connectivity index (χ1) is 10.7. The minimum atomic E-state index is -0.00210. The second-order valence-electron chi connectivity index (χ2n) is 6.02. The number of hydrogen-bond donors (Lipinski definition) is 0. The first-order valence-electron chi connectivity index (χ1n) is 7.16. The highest BCUT2D eigenvalue weighted by Gasteiger charge is 2.50. The Hall–Kier alpha value is -2.15. The van der Waals surface area contributed by atoms with Crippen molar-refractivity contribution in [2.75, 3.05) is 26.2 Å². The molecule has 2 amide bonds. The lowest BCUT2D eigenvalue weighted by Gasteiger charge is -2.47. The zero-order valence-corrected chi connectivity index (χ0v) is 12.7. The molecule has 2 aliphatic heterocycles. The molecule has 0 atom stereocenters. The van der Waals surface area contributed by atoms with E-state index in [2.05, 4.69) is 4.98 Å². The van der Waals surface area contributed by atoms with Crippen molar-refractivity contribution >= 4 is 23.2 Å². The number of likely N-dealkylation sites (tertiary alicyclic amines) is 2. The van der Waals surface area contributed by atoms with Crippen molar-refractivity contribution in [3.63, 3.8) is 0 Å². The molecule has 0 unspecified atom stereocenters. The third-order valence-electron chi connectivity index (χ3n) is 4.48. The SMILES string of the molecule is O=C(c1ccoc1)N1CC2(CCN(C(=O)c3cscn3)C2)C1. The van der Waals surface area contributed by atoms with Crippen LogP contribution in [0.5, 0.6) is 0 Å². The molecule has 0 aromatic carbocycles. The van der Waals surface area contributed by atoms with Crippen LogP contribution in [-0.4, -0.2) is 52.8 Å². The number of rotatable bonds is 2. The van der Waals surface area contributed by atoms with Gasteiger partial charge in [0.15, 0.2) is 0 Å². The number of amides is 2. The van der Waals surface area contributed by atoms with Crippen LogP contribution in [0.1, 0.15) is 27.3 Å². The van der Waals surface area contributed by atoms with Crippen LogP contribution in [0.4, 0.5) is 0 Å². The first-order valence-corrected chi connectivity index (χ1v) is 8.10. The molecule has 6 nitrogen and oxygen atoms in total. The zero-order valence-electron chi connectivity index (χ0n) is 11.9. The molecule has 0 saturated carbocycles. The van der Waals surface area contributed by atoms with Crippen LogP contribution in [0.2, 0.25) is 0 Å². The molecule has 2 aromatic heterocycles. The van der Waals surface area contributed by atoms with Gasteiger partial charge in [0.25, 0.3) is 11.8 Å². The summed E-state index contributed by atoms with van der Waals surface area (Å²) in [6, 6.07) is 1.68. The van der Waals surface area contributed by atoms with Crippen molar-refractivity contribution in [1.29, 1.82) is 0 Å². The Bertz CT molecular complexity index is 690. The van der Waals surface area contributed by atoms with Gasteiger partial charge >= 0.3 is 0 Å². The fourth-order valence-corrected chi connectivity index (χ4v) is 3.85. The van der Waals surface area contributed by atoms with Crippen molar-refractivity contribution in [2.24, 2.45) is 5.41 Å². The summed E-state index contributed by atoms with van der Waals surface area (Å²) in [5.41, 5.74) is 2.84. The van der Waals surface area contributed by atoms with E-state index in [4.69, 9.17) is 4.42 Å². The van der Waals surface area contributed by atoms with Gasteiger partial charge in [0.1, 0.15) is 12.0 Å². The molecule has 4 heterocycles. The normalized spacial score (nSPS) is 19.5. The Morgan fingerprint density at radius 2 is 2.05 bits per heavy atom. The average molecular weight is 317 g/mol. The molecule has 0 bridgehead atoms. The van der Waals surface area contributed by atoms with Gasteiger partial charge in [-0.25, -0.2) is 4.98 Å². The fraction of sp³-hybridized carbons (Fsp3) is 0.400. The maximum Gasteiger partial charge on any atom is 0.273 e. The van der Waals surface area contributed by atoms with Gasteiger partial charge in [-0.2, -0.15) is 0 Å². The lowest BCUT2D eigenvalue weighted by atomic mass is 9.79. The minimum absolute atomic E-state index is 0.00210. The van der Waals surface area contributed by atoms with E-state index in [-0.39, 0.29) is 17.2 Å². The fourth-order valence-electron chi connectivity index (χ4n) is 3.32. The second kappa shape index (κ2) is 4.95. The number of furan rings is 1. The average Bonchev–Trinajstić information content (AvgIpc) is 3.24. The maximum atomic E-state index is 12.3. The lowest BCUT2D eigenvalue weighted by molar-refractivity contribution is 0.0109. The monoisotopic (exact) mass is 317 g/mol. The Labute approximate surface area is 131 Å². The number of thiazole rings is 1. The van der Waals surface area contributed by atoms with E-state index in [1.54, 1.807) is 17.0 Å². The predicted octanol–water partition coefficient (Wildman–Crippen LogP) is 1.72. The smallest absolute Gasteiger partial charge is 0.273 e. The van der Waals surface area contributed by atoms with Gasteiger partial charge in [0.2, 0.25) is 0 Å². The van der Waals surface area contributed by atoms with E-state index < -0.39 is 0 Å². The van der Waals surface area contributed by atoms with Gasteiger partial charge in [-0.05, 0) is 12.5 Å². The van der Waals surface area contributed by atoms with Crippen LogP contribution in [0.3, 0.4) is 0 Å². The summed E-state index contributed by atoms with van der Waals surface area (Å²) >= 11 is 1.43. The molecule has 2 aromatic rings. The summed E-state index contributed by atoms with van der Waals surface area (Å²) in [4.78, 5) is 32.3. The van der Waals surface area contributed by atoms with Crippen LogP contribution < -0.4 is 0 Å². The van der Waals surface area contributed by atoms with Gasteiger partial charge in [-0.3, -0.25) is 9.59 Å². The van der Waals surface area contributed by atoms with Gasteiger partial charge in [-0.15, -0.1) is 11.3 Å². The van der Waals surface area contributed by atoms with Crippen LogP contribution >= 0.6 is 11.3 Å². The highest BCUT2D eigenvalue weighted by Crippen LogP contribution is 2.40. The molecule has 2 saturated heterocycles. The highest BCUT2D eigenvalue weighted by atomic mass is 32.1. The molecule has 0 radical (unpaired) electrons. The van der Waals surface area contributed by atoms with Crippen LogP contribution in [-0.2, 0) is 0 Å². The molecule has 114 valence electrons. The third-order valence-corrected chi connectivity index (χ3v) is 5.07. The molecule has 4 rings (SSSR count). The number of aromatic nitrogens is 1. The summed E-state index contributed by atoms with van der Waals surface area (Å²) in [6.45, 7) is 2.86. The van der Waals surface area contributed by atoms with Crippen molar-refractivity contribution in [2.45, 2.75) is 6.42 Å². The Morgan fingerprint density at radius 1 is 1.23 bits per heavy atom. The summed E-state index contributed by atoms with van der Waals surface area (Å²) in [7, 11) is 0. The predicted molar refractivity (Wildman–Crippen MR) is 79.7 cm³/mol. The summed E-state index contributed by atoms with van der Waals surface area (Å²) < 4.78 is 4.95. The first kappa shape index (κ1) is 13.5. The van der Waals surface area contributed by atoms with E-state index >= 15 is 0 Å². The Kier molecular flexibility index (Phi) is 3.04. The summed E-state index contributed by atoms with van der Waals surface area (Å²) in [6.07, 6.45) is 3.92. The van der Waals surface area contributed by atoms with Gasteiger partial charge < -0.3 is 14.2 Å². The number of hydrogen-bond acceptors (Lipinski definition) is 5. The number of carbonyl (C=O) groups excluding carboxylic acids is 2. The van der Waals surface area contributed by atoms with Crippen molar-refractivity contribution < 1.29 is 14.0 Å². The van der Waals surface area contributed by atoms with Gasteiger partial charge in [0.05, 0.1) is 17.3 Å². The molecule has 1 spiro atoms. The quantitative estimate of drug-likeness (QED) is 0.846. The molecule has 0 aliphatic carbocycles. The second-order valence-corrected chi connectivity index (χ2v) is 6.74. The Balaban J connectivity index is 1.38. The third kappa shape index (κ3) is 2.12. The van der Waals surface area contributed by atoms with E-state index in [0.717, 1.165) is 13.0 Å². The molecule has 22 heavy (non-hydrogen) atoms. The molecule has 0 N–H and O–H groups in total. The number of nitrogens with zero attached hydrogens (tertiary/aromatic N) is 3.